The Labute approximate surface area is 92.9 Å². The summed E-state index contributed by atoms with van der Waals surface area (Å²) in [7, 11) is 0. The zero-order valence-electron chi connectivity index (χ0n) is 8.84. The molecule has 0 aliphatic heterocycles. The SMILES string of the molecule is CCOC(=O)c1cncc(C=CC(N)=O)c1. The lowest BCUT2D eigenvalue weighted by Gasteiger charge is -2.01. The Hall–Kier alpha value is -2.17. The van der Waals surface area contributed by atoms with Crippen molar-refractivity contribution in [3.05, 3.63) is 35.7 Å². The number of carbonyl (C=O) groups excluding carboxylic acids is 2. The summed E-state index contributed by atoms with van der Waals surface area (Å²) in [6, 6.07) is 1.57. The average Bonchev–Trinajstić information content (AvgIpc) is 2.27. The molecule has 0 unspecified atom stereocenters. The number of pyridine rings is 1. The molecule has 1 aromatic rings. The van der Waals surface area contributed by atoms with Crippen LogP contribution < -0.4 is 5.73 Å². The molecule has 0 saturated carbocycles. The first-order valence-corrected chi connectivity index (χ1v) is 4.73. The van der Waals surface area contributed by atoms with E-state index in [1.165, 1.54) is 24.5 Å². The molecule has 1 rings (SSSR count). The molecule has 5 heteroatoms. The van der Waals surface area contributed by atoms with E-state index in [1.54, 1.807) is 13.0 Å². The number of amides is 1. The number of ether oxygens (including phenoxy) is 1. The molecule has 2 N–H and O–H groups in total. The van der Waals surface area contributed by atoms with Crippen molar-refractivity contribution in [3.63, 3.8) is 0 Å². The van der Waals surface area contributed by atoms with Crippen molar-refractivity contribution in [2.24, 2.45) is 5.73 Å². The number of hydrogen-bond acceptors (Lipinski definition) is 4. The van der Waals surface area contributed by atoms with Crippen molar-refractivity contribution >= 4 is 18.0 Å². The first-order chi connectivity index (χ1) is 7.63. The maximum atomic E-state index is 11.4. The quantitative estimate of drug-likeness (QED) is 0.599. The van der Waals surface area contributed by atoms with Gasteiger partial charge in [0.2, 0.25) is 5.91 Å². The number of nitrogens with two attached hydrogens (primary N) is 1. The minimum Gasteiger partial charge on any atom is -0.462 e. The van der Waals surface area contributed by atoms with E-state index in [0.717, 1.165) is 0 Å². The molecule has 0 spiro atoms. The molecule has 1 amide bonds. The van der Waals surface area contributed by atoms with Gasteiger partial charge >= 0.3 is 5.97 Å². The summed E-state index contributed by atoms with van der Waals surface area (Å²) in [6.45, 7) is 2.03. The van der Waals surface area contributed by atoms with Gasteiger partial charge in [-0.05, 0) is 24.6 Å². The zero-order chi connectivity index (χ0) is 12.0. The fourth-order valence-electron chi connectivity index (χ4n) is 1.05. The highest BCUT2D eigenvalue weighted by molar-refractivity contribution is 5.92. The molecule has 5 nitrogen and oxygen atoms in total. The van der Waals surface area contributed by atoms with Gasteiger partial charge in [0, 0.05) is 18.5 Å². The van der Waals surface area contributed by atoms with E-state index in [2.05, 4.69) is 4.98 Å². The van der Waals surface area contributed by atoms with Gasteiger partial charge in [-0.2, -0.15) is 0 Å². The lowest BCUT2D eigenvalue weighted by Crippen LogP contribution is -2.06. The third-order valence-electron chi connectivity index (χ3n) is 1.71. The Morgan fingerprint density at radius 3 is 2.88 bits per heavy atom. The summed E-state index contributed by atoms with van der Waals surface area (Å²) in [5.74, 6) is -0.995. The highest BCUT2D eigenvalue weighted by atomic mass is 16.5. The Morgan fingerprint density at radius 1 is 1.50 bits per heavy atom. The fourth-order valence-corrected chi connectivity index (χ4v) is 1.05. The summed E-state index contributed by atoms with van der Waals surface area (Å²) in [6.07, 6.45) is 5.60. The van der Waals surface area contributed by atoms with Crippen LogP contribution in [0.2, 0.25) is 0 Å². The second kappa shape index (κ2) is 5.65. The van der Waals surface area contributed by atoms with Crippen LogP contribution in [0.3, 0.4) is 0 Å². The Morgan fingerprint density at radius 2 is 2.25 bits per heavy atom. The van der Waals surface area contributed by atoms with Gasteiger partial charge < -0.3 is 10.5 Å². The number of aromatic nitrogens is 1. The van der Waals surface area contributed by atoms with Crippen LogP contribution in [0.4, 0.5) is 0 Å². The number of primary amides is 1. The number of rotatable bonds is 4. The summed E-state index contributed by atoms with van der Waals surface area (Å²) in [5, 5.41) is 0. The average molecular weight is 220 g/mol. The maximum absolute atomic E-state index is 11.4. The van der Waals surface area contributed by atoms with Gasteiger partial charge in [-0.1, -0.05) is 0 Å². The number of nitrogens with zero attached hydrogens (tertiary/aromatic N) is 1. The van der Waals surface area contributed by atoms with Gasteiger partial charge in [-0.3, -0.25) is 9.78 Å². The van der Waals surface area contributed by atoms with E-state index in [1.807, 2.05) is 0 Å². The molecule has 16 heavy (non-hydrogen) atoms. The number of esters is 1. The summed E-state index contributed by atoms with van der Waals surface area (Å²) < 4.78 is 4.81. The first-order valence-electron chi connectivity index (χ1n) is 4.73. The van der Waals surface area contributed by atoms with Crippen LogP contribution in [0.5, 0.6) is 0 Å². The van der Waals surface area contributed by atoms with Gasteiger partial charge in [0.15, 0.2) is 0 Å². The summed E-state index contributed by atoms with van der Waals surface area (Å²) in [5.41, 5.74) is 5.90. The van der Waals surface area contributed by atoms with E-state index < -0.39 is 11.9 Å². The van der Waals surface area contributed by atoms with Crippen LogP contribution in [0.15, 0.2) is 24.5 Å². The molecule has 0 aliphatic rings. The molecule has 1 heterocycles. The van der Waals surface area contributed by atoms with E-state index in [0.29, 0.717) is 17.7 Å². The molecule has 0 bridgehead atoms. The van der Waals surface area contributed by atoms with Crippen molar-refractivity contribution in [3.8, 4) is 0 Å². The lowest BCUT2D eigenvalue weighted by atomic mass is 10.2. The van der Waals surface area contributed by atoms with E-state index in [9.17, 15) is 9.59 Å². The monoisotopic (exact) mass is 220 g/mol. The Bertz CT molecular complexity index is 427. The first kappa shape index (κ1) is 11.9. The minimum absolute atomic E-state index is 0.306. The molecule has 1 aromatic heterocycles. The third kappa shape index (κ3) is 3.53. The molecular weight excluding hydrogens is 208 g/mol. The normalized spacial score (nSPS) is 10.3. The van der Waals surface area contributed by atoms with E-state index in [-0.39, 0.29) is 0 Å². The predicted octanol–water partition coefficient (Wildman–Crippen LogP) is 0.757. The van der Waals surface area contributed by atoms with E-state index in [4.69, 9.17) is 10.5 Å². The molecule has 84 valence electrons. The Kier molecular flexibility index (Phi) is 4.20. The maximum Gasteiger partial charge on any atom is 0.339 e. The smallest absolute Gasteiger partial charge is 0.339 e. The molecule has 0 aliphatic carbocycles. The molecule has 0 radical (unpaired) electrons. The fraction of sp³-hybridized carbons (Fsp3) is 0.182. The second-order valence-corrected chi connectivity index (χ2v) is 2.96. The molecule has 0 aromatic carbocycles. The van der Waals surface area contributed by atoms with Crippen molar-refractivity contribution < 1.29 is 14.3 Å². The van der Waals surface area contributed by atoms with Gasteiger partial charge in [0.05, 0.1) is 12.2 Å². The molecule has 0 saturated heterocycles. The van der Waals surface area contributed by atoms with Crippen molar-refractivity contribution in [1.82, 2.24) is 4.98 Å². The minimum atomic E-state index is -0.554. The number of hydrogen-bond donors (Lipinski definition) is 1. The largest absolute Gasteiger partial charge is 0.462 e. The van der Waals surface area contributed by atoms with Crippen molar-refractivity contribution in [2.45, 2.75) is 6.92 Å². The topological polar surface area (TPSA) is 82.3 Å². The van der Waals surface area contributed by atoms with E-state index >= 15 is 0 Å². The molecular formula is C11H12N2O3. The summed E-state index contributed by atoms with van der Waals surface area (Å²) in [4.78, 5) is 25.7. The van der Waals surface area contributed by atoms with Crippen LogP contribution in [0.1, 0.15) is 22.8 Å². The second-order valence-electron chi connectivity index (χ2n) is 2.96. The molecule has 0 fully saturated rings. The highest BCUT2D eigenvalue weighted by Crippen LogP contribution is 2.06. The molecule has 0 atom stereocenters. The van der Waals surface area contributed by atoms with Gasteiger partial charge in [0.1, 0.15) is 0 Å². The van der Waals surface area contributed by atoms with Crippen LogP contribution in [0.25, 0.3) is 6.08 Å². The van der Waals surface area contributed by atoms with Gasteiger partial charge in [-0.15, -0.1) is 0 Å². The zero-order valence-corrected chi connectivity index (χ0v) is 8.84. The van der Waals surface area contributed by atoms with Gasteiger partial charge in [0.25, 0.3) is 0 Å². The lowest BCUT2D eigenvalue weighted by molar-refractivity contribution is -0.113. The highest BCUT2D eigenvalue weighted by Gasteiger charge is 2.06. The van der Waals surface area contributed by atoms with Crippen LogP contribution >= 0.6 is 0 Å². The van der Waals surface area contributed by atoms with Crippen molar-refractivity contribution in [1.29, 1.82) is 0 Å². The van der Waals surface area contributed by atoms with Gasteiger partial charge in [-0.25, -0.2) is 4.79 Å². The standard InChI is InChI=1S/C11H12N2O3/c1-2-16-11(15)9-5-8(6-13-7-9)3-4-10(12)14/h3-7H,2H2,1H3,(H2,12,14). The van der Waals surface area contributed by atoms with Crippen LogP contribution in [0, 0.1) is 0 Å². The predicted molar refractivity (Wildman–Crippen MR) is 58.4 cm³/mol. The Balaban J connectivity index is 2.86. The van der Waals surface area contributed by atoms with Crippen LogP contribution in [-0.2, 0) is 9.53 Å². The third-order valence-corrected chi connectivity index (χ3v) is 1.71. The van der Waals surface area contributed by atoms with Crippen molar-refractivity contribution in [2.75, 3.05) is 6.61 Å². The summed E-state index contributed by atoms with van der Waals surface area (Å²) >= 11 is 0. The number of carbonyl (C=O) groups is 2. The van der Waals surface area contributed by atoms with Crippen LogP contribution in [-0.4, -0.2) is 23.5 Å².